The highest BCUT2D eigenvalue weighted by Crippen LogP contribution is 2.30. The maximum Gasteiger partial charge on any atom is 0.222 e. The van der Waals surface area contributed by atoms with E-state index in [1.807, 2.05) is 6.20 Å². The van der Waals surface area contributed by atoms with Crippen LogP contribution in [0.4, 0.5) is 0 Å². The predicted octanol–water partition coefficient (Wildman–Crippen LogP) is 3.75. The first-order valence-corrected chi connectivity index (χ1v) is 9.56. The minimum absolute atomic E-state index is 0.539. The van der Waals surface area contributed by atoms with Gasteiger partial charge in [0.25, 0.3) is 0 Å². The van der Waals surface area contributed by atoms with Gasteiger partial charge in [-0.2, -0.15) is 0 Å². The Hall–Kier alpha value is -2.69. The van der Waals surface area contributed by atoms with Gasteiger partial charge in [0, 0.05) is 11.8 Å². The van der Waals surface area contributed by atoms with E-state index in [2.05, 4.69) is 49.6 Å². The molecule has 3 aromatic rings. The summed E-state index contributed by atoms with van der Waals surface area (Å²) in [6, 6.07) is 8.51. The van der Waals surface area contributed by atoms with Crippen molar-refractivity contribution < 1.29 is 0 Å². The van der Waals surface area contributed by atoms with Gasteiger partial charge in [0.2, 0.25) is 11.6 Å². The number of aryl methyl sites for hydroxylation is 2. The van der Waals surface area contributed by atoms with Crippen molar-refractivity contribution in [3.8, 4) is 22.9 Å². The molecule has 26 heavy (non-hydrogen) atoms. The number of aromatic nitrogens is 5. The van der Waals surface area contributed by atoms with Crippen molar-refractivity contribution in [2.75, 3.05) is 0 Å². The molecule has 0 saturated heterocycles. The summed E-state index contributed by atoms with van der Waals surface area (Å²) in [5.41, 5.74) is 7.35. The summed E-state index contributed by atoms with van der Waals surface area (Å²) in [5.74, 6) is 1.16. The number of fused-ring (bicyclic) bond motifs is 2. The Morgan fingerprint density at radius 2 is 1.27 bits per heavy atom. The molecule has 0 spiro atoms. The van der Waals surface area contributed by atoms with Crippen LogP contribution in [-0.2, 0) is 25.7 Å². The van der Waals surface area contributed by atoms with Crippen LogP contribution in [0, 0.1) is 0 Å². The Morgan fingerprint density at radius 1 is 0.615 bits per heavy atom. The molecule has 0 saturated carbocycles. The van der Waals surface area contributed by atoms with E-state index in [1.54, 1.807) is 0 Å². The largest absolute Gasteiger partial charge is 0.252 e. The number of nitrogens with zero attached hydrogens (tertiary/aromatic N) is 5. The molecule has 0 amide bonds. The highest BCUT2D eigenvalue weighted by atomic mass is 15.3. The molecule has 130 valence electrons. The molecule has 5 nitrogen and oxygen atoms in total. The number of pyridine rings is 1. The molecular weight excluding hydrogens is 322 g/mol. The lowest BCUT2D eigenvalue weighted by Gasteiger charge is -2.18. The van der Waals surface area contributed by atoms with Crippen molar-refractivity contribution in [2.24, 2.45) is 0 Å². The summed E-state index contributed by atoms with van der Waals surface area (Å²) in [6.07, 6.45) is 11.2. The number of rotatable bonds is 2. The van der Waals surface area contributed by atoms with Gasteiger partial charge < -0.3 is 0 Å². The van der Waals surface area contributed by atoms with Crippen molar-refractivity contribution in [2.45, 2.75) is 51.4 Å². The van der Waals surface area contributed by atoms with E-state index < -0.39 is 0 Å². The van der Waals surface area contributed by atoms with Crippen LogP contribution in [0.1, 0.15) is 47.9 Å². The number of hydrogen-bond acceptors (Lipinski definition) is 5. The third kappa shape index (κ3) is 2.68. The van der Waals surface area contributed by atoms with Gasteiger partial charge in [-0.25, -0.2) is 0 Å². The van der Waals surface area contributed by atoms with Crippen molar-refractivity contribution in [3.63, 3.8) is 0 Å². The van der Waals surface area contributed by atoms with Crippen molar-refractivity contribution in [1.29, 1.82) is 0 Å². The van der Waals surface area contributed by atoms with E-state index in [0.29, 0.717) is 11.6 Å². The predicted molar refractivity (Wildman–Crippen MR) is 99.6 cm³/mol. The summed E-state index contributed by atoms with van der Waals surface area (Å²) < 4.78 is 0. The van der Waals surface area contributed by atoms with E-state index in [9.17, 15) is 0 Å². The van der Waals surface area contributed by atoms with Crippen LogP contribution < -0.4 is 0 Å². The lowest BCUT2D eigenvalue weighted by molar-refractivity contribution is 0.681. The lowest BCUT2D eigenvalue weighted by Crippen LogP contribution is -2.10. The molecule has 0 radical (unpaired) electrons. The van der Waals surface area contributed by atoms with E-state index in [0.717, 1.165) is 36.9 Å². The minimum atomic E-state index is 0.539. The molecule has 0 aliphatic heterocycles. The maximum atomic E-state index is 4.53. The fraction of sp³-hybridized carbons (Fsp3) is 0.381. The molecule has 5 rings (SSSR count). The molecule has 0 N–H and O–H groups in total. The van der Waals surface area contributed by atoms with Gasteiger partial charge in [-0.15, -0.1) is 20.4 Å². The molecule has 0 unspecified atom stereocenters. The summed E-state index contributed by atoms with van der Waals surface area (Å²) in [7, 11) is 0. The van der Waals surface area contributed by atoms with Gasteiger partial charge in [-0.05, 0) is 79.7 Å². The fourth-order valence-corrected chi connectivity index (χ4v) is 4.28. The normalized spacial score (nSPS) is 16.0. The summed E-state index contributed by atoms with van der Waals surface area (Å²) in [4.78, 5) is 4.53. The van der Waals surface area contributed by atoms with Crippen molar-refractivity contribution in [3.05, 3.63) is 52.7 Å². The Kier molecular flexibility index (Phi) is 3.92. The zero-order valence-electron chi connectivity index (χ0n) is 14.8. The SMILES string of the molecule is c1cc2c(c(-c3nnc(-c4nccc5c4CCCC5)nn3)c1)CCCC2. The average molecular weight is 343 g/mol. The molecule has 5 heteroatoms. The van der Waals surface area contributed by atoms with Crippen LogP contribution >= 0.6 is 0 Å². The second-order valence-corrected chi connectivity index (χ2v) is 7.20. The summed E-state index contributed by atoms with van der Waals surface area (Å²) >= 11 is 0. The molecule has 0 atom stereocenters. The van der Waals surface area contributed by atoms with Crippen LogP contribution in [-0.4, -0.2) is 25.4 Å². The number of benzene rings is 1. The van der Waals surface area contributed by atoms with Crippen molar-refractivity contribution in [1.82, 2.24) is 25.4 Å². The first-order chi connectivity index (χ1) is 12.9. The van der Waals surface area contributed by atoms with E-state index in [4.69, 9.17) is 0 Å². The average Bonchev–Trinajstić information content (AvgIpc) is 2.73. The zero-order valence-corrected chi connectivity index (χ0v) is 14.8. The van der Waals surface area contributed by atoms with Gasteiger partial charge in [-0.3, -0.25) is 4.98 Å². The standard InChI is InChI=1S/C21H21N5/c1-3-9-16-14(6-1)8-5-11-18(16)20-23-25-21(26-24-20)19-17-10-4-2-7-15(17)12-13-22-19/h5,8,11-13H,1-4,6-7,9-10H2. The van der Waals surface area contributed by atoms with Crippen LogP contribution in [0.2, 0.25) is 0 Å². The fourth-order valence-electron chi connectivity index (χ4n) is 4.28. The summed E-state index contributed by atoms with van der Waals surface area (Å²) in [6.45, 7) is 0. The maximum absolute atomic E-state index is 4.53. The van der Waals surface area contributed by atoms with Crippen molar-refractivity contribution >= 4 is 0 Å². The highest BCUT2D eigenvalue weighted by Gasteiger charge is 2.19. The Balaban J connectivity index is 1.53. The molecule has 2 aliphatic rings. The number of hydrogen-bond donors (Lipinski definition) is 0. The molecular formula is C21H21N5. The van der Waals surface area contributed by atoms with Gasteiger partial charge in [0.1, 0.15) is 5.69 Å². The second kappa shape index (κ2) is 6.56. The third-order valence-corrected chi connectivity index (χ3v) is 5.60. The van der Waals surface area contributed by atoms with Crippen LogP contribution in [0.3, 0.4) is 0 Å². The molecule has 0 fully saturated rings. The third-order valence-electron chi connectivity index (χ3n) is 5.60. The van der Waals surface area contributed by atoms with Crippen LogP contribution in [0.5, 0.6) is 0 Å². The second-order valence-electron chi connectivity index (χ2n) is 7.20. The van der Waals surface area contributed by atoms with Crippen LogP contribution in [0.15, 0.2) is 30.5 Å². The van der Waals surface area contributed by atoms with E-state index in [-0.39, 0.29) is 0 Å². The first-order valence-electron chi connectivity index (χ1n) is 9.56. The smallest absolute Gasteiger partial charge is 0.222 e. The molecule has 2 heterocycles. The lowest BCUT2D eigenvalue weighted by atomic mass is 9.88. The van der Waals surface area contributed by atoms with Gasteiger partial charge >= 0.3 is 0 Å². The quantitative estimate of drug-likeness (QED) is 0.709. The molecule has 0 bridgehead atoms. The Morgan fingerprint density at radius 3 is 2.08 bits per heavy atom. The van der Waals surface area contributed by atoms with E-state index >= 15 is 0 Å². The zero-order chi connectivity index (χ0) is 17.3. The van der Waals surface area contributed by atoms with Gasteiger partial charge in [0.15, 0.2) is 0 Å². The Labute approximate surface area is 152 Å². The summed E-state index contributed by atoms with van der Waals surface area (Å²) in [5, 5.41) is 17.6. The molecule has 1 aromatic carbocycles. The first kappa shape index (κ1) is 15.6. The van der Waals surface area contributed by atoms with Gasteiger partial charge in [0.05, 0.1) is 0 Å². The highest BCUT2D eigenvalue weighted by molar-refractivity contribution is 5.63. The Bertz CT molecular complexity index is 871. The topological polar surface area (TPSA) is 64.5 Å². The minimum Gasteiger partial charge on any atom is -0.252 e. The van der Waals surface area contributed by atoms with E-state index in [1.165, 1.54) is 47.9 Å². The van der Waals surface area contributed by atoms with Crippen LogP contribution in [0.25, 0.3) is 22.9 Å². The molecule has 2 aliphatic carbocycles. The van der Waals surface area contributed by atoms with Gasteiger partial charge in [-0.1, -0.05) is 18.2 Å². The molecule has 2 aromatic heterocycles. The monoisotopic (exact) mass is 343 g/mol.